The molecule has 4 rings (SSSR count). The van der Waals surface area contributed by atoms with Gasteiger partial charge in [0.25, 0.3) is 0 Å². The predicted octanol–water partition coefficient (Wildman–Crippen LogP) is 5.77. The standard InChI is InChI=1S/C25H25NO5S/c1-3-4-13-31-22-16(11-8-12-18(22)30-2)17-14-19(27)26-21-20(15-9-6-5-7-10-15)24(25(28)29)32-23(17)21/h5-12,17H,3-4,13-14H2,1-2H3,(H,26,27)(H,28,29)/t17-/m0/s1. The van der Waals surface area contributed by atoms with Crippen molar-refractivity contribution < 1.29 is 24.2 Å². The van der Waals surface area contributed by atoms with Crippen LogP contribution in [0, 0.1) is 0 Å². The summed E-state index contributed by atoms with van der Waals surface area (Å²) >= 11 is 1.21. The number of hydrogen-bond donors (Lipinski definition) is 2. The molecule has 0 saturated carbocycles. The largest absolute Gasteiger partial charge is 0.493 e. The third kappa shape index (κ3) is 4.08. The molecule has 0 unspecified atom stereocenters. The second kappa shape index (κ2) is 9.44. The van der Waals surface area contributed by atoms with Crippen LogP contribution in [0.5, 0.6) is 11.5 Å². The molecule has 3 aromatic rings. The third-order valence-corrected chi connectivity index (χ3v) is 6.80. The Kier molecular flexibility index (Phi) is 6.46. The van der Waals surface area contributed by atoms with Gasteiger partial charge in [-0.05, 0) is 18.1 Å². The molecule has 1 amide bonds. The van der Waals surface area contributed by atoms with Crippen molar-refractivity contribution in [1.82, 2.24) is 0 Å². The lowest BCUT2D eigenvalue weighted by Crippen LogP contribution is -2.23. The zero-order chi connectivity index (χ0) is 22.7. The van der Waals surface area contributed by atoms with Gasteiger partial charge in [0.05, 0.1) is 19.4 Å². The zero-order valence-electron chi connectivity index (χ0n) is 18.0. The fourth-order valence-electron chi connectivity index (χ4n) is 4.01. The second-order valence-corrected chi connectivity index (χ2v) is 8.65. The lowest BCUT2D eigenvalue weighted by Gasteiger charge is -2.26. The van der Waals surface area contributed by atoms with E-state index in [0.717, 1.165) is 28.8 Å². The van der Waals surface area contributed by atoms with Crippen LogP contribution in [-0.2, 0) is 4.79 Å². The van der Waals surface area contributed by atoms with Crippen molar-refractivity contribution in [2.24, 2.45) is 0 Å². The number of carbonyl (C=O) groups is 2. The van der Waals surface area contributed by atoms with Crippen LogP contribution in [0.3, 0.4) is 0 Å². The highest BCUT2D eigenvalue weighted by Crippen LogP contribution is 2.51. The Morgan fingerprint density at radius 2 is 1.97 bits per heavy atom. The van der Waals surface area contributed by atoms with E-state index in [2.05, 4.69) is 12.2 Å². The summed E-state index contributed by atoms with van der Waals surface area (Å²) in [4.78, 5) is 25.9. The van der Waals surface area contributed by atoms with Crippen LogP contribution < -0.4 is 14.8 Å². The van der Waals surface area contributed by atoms with Crippen LogP contribution in [0.4, 0.5) is 5.69 Å². The minimum Gasteiger partial charge on any atom is -0.493 e. The Bertz CT molecular complexity index is 1140. The van der Waals surface area contributed by atoms with Crippen molar-refractivity contribution in [1.29, 1.82) is 0 Å². The van der Waals surface area contributed by atoms with Gasteiger partial charge < -0.3 is 19.9 Å². The molecule has 0 bridgehead atoms. The zero-order valence-corrected chi connectivity index (χ0v) is 18.8. The topological polar surface area (TPSA) is 84.9 Å². The first kappa shape index (κ1) is 21.9. The van der Waals surface area contributed by atoms with E-state index >= 15 is 0 Å². The molecule has 0 fully saturated rings. The Morgan fingerprint density at radius 3 is 2.66 bits per heavy atom. The molecule has 2 N–H and O–H groups in total. The normalized spacial score (nSPS) is 15.1. The Labute approximate surface area is 190 Å². The number of hydrogen-bond acceptors (Lipinski definition) is 5. The highest BCUT2D eigenvalue weighted by Gasteiger charge is 2.36. The van der Waals surface area contributed by atoms with Crippen molar-refractivity contribution in [3.05, 3.63) is 63.8 Å². The SMILES string of the molecule is CCCCOc1c(OC)cccc1[C@@H]1CC(=O)Nc2c1sc(C(=O)O)c2-c1ccccc1. The number of para-hydroxylation sites is 1. The molecule has 2 heterocycles. The molecule has 1 aromatic heterocycles. The molecule has 2 aromatic carbocycles. The predicted molar refractivity (Wildman–Crippen MR) is 125 cm³/mol. The molecule has 1 aliphatic rings. The molecular weight excluding hydrogens is 426 g/mol. The monoisotopic (exact) mass is 451 g/mol. The van der Waals surface area contributed by atoms with Gasteiger partial charge in [-0.2, -0.15) is 0 Å². The van der Waals surface area contributed by atoms with E-state index in [1.165, 1.54) is 11.3 Å². The van der Waals surface area contributed by atoms with Gasteiger partial charge in [0.1, 0.15) is 4.88 Å². The van der Waals surface area contributed by atoms with E-state index in [-0.39, 0.29) is 23.1 Å². The number of rotatable bonds is 8. The first-order valence-corrected chi connectivity index (χ1v) is 11.4. The van der Waals surface area contributed by atoms with Crippen LogP contribution in [-0.4, -0.2) is 30.7 Å². The van der Waals surface area contributed by atoms with E-state index < -0.39 is 5.97 Å². The first-order chi connectivity index (χ1) is 15.5. The van der Waals surface area contributed by atoms with Gasteiger partial charge in [-0.3, -0.25) is 4.79 Å². The summed E-state index contributed by atoms with van der Waals surface area (Å²) in [6, 6.07) is 14.9. The summed E-state index contributed by atoms with van der Waals surface area (Å²) < 4.78 is 11.6. The number of benzene rings is 2. The highest BCUT2D eigenvalue weighted by atomic mass is 32.1. The summed E-state index contributed by atoms with van der Waals surface area (Å²) in [5.74, 6) is -0.283. The van der Waals surface area contributed by atoms with Crippen LogP contribution >= 0.6 is 11.3 Å². The number of carboxylic acid groups (broad SMARTS) is 1. The van der Waals surface area contributed by atoms with Crippen molar-refractivity contribution in [2.45, 2.75) is 32.1 Å². The molecule has 166 valence electrons. The fourth-order valence-corrected chi connectivity index (χ4v) is 5.25. The average Bonchev–Trinajstić information content (AvgIpc) is 3.19. The van der Waals surface area contributed by atoms with Crippen LogP contribution in [0.25, 0.3) is 11.1 Å². The van der Waals surface area contributed by atoms with E-state index in [9.17, 15) is 14.7 Å². The molecular formula is C25H25NO5S. The number of nitrogens with one attached hydrogen (secondary N) is 1. The molecule has 32 heavy (non-hydrogen) atoms. The average molecular weight is 452 g/mol. The molecule has 0 saturated heterocycles. The summed E-state index contributed by atoms with van der Waals surface area (Å²) in [5.41, 5.74) is 2.71. The highest BCUT2D eigenvalue weighted by molar-refractivity contribution is 7.15. The summed E-state index contributed by atoms with van der Waals surface area (Å²) in [7, 11) is 1.59. The van der Waals surface area contributed by atoms with Crippen molar-refractivity contribution in [3.8, 4) is 22.6 Å². The minimum absolute atomic E-state index is 0.156. The van der Waals surface area contributed by atoms with Gasteiger partial charge in [-0.25, -0.2) is 4.79 Å². The minimum atomic E-state index is -1.01. The molecule has 1 aliphatic heterocycles. The van der Waals surface area contributed by atoms with Gasteiger partial charge >= 0.3 is 5.97 Å². The number of ether oxygens (including phenoxy) is 2. The van der Waals surface area contributed by atoms with Gasteiger partial charge in [-0.15, -0.1) is 11.3 Å². The van der Waals surface area contributed by atoms with Crippen LogP contribution in [0.1, 0.15) is 52.2 Å². The maximum absolute atomic E-state index is 12.8. The van der Waals surface area contributed by atoms with Gasteiger partial charge in [0, 0.05) is 28.3 Å². The number of amides is 1. The van der Waals surface area contributed by atoms with Crippen molar-refractivity contribution in [2.75, 3.05) is 19.0 Å². The summed E-state index contributed by atoms with van der Waals surface area (Å²) in [6.45, 7) is 2.63. The number of thiophene rings is 1. The summed E-state index contributed by atoms with van der Waals surface area (Å²) in [5, 5.41) is 12.9. The van der Waals surface area contributed by atoms with Crippen LogP contribution in [0.15, 0.2) is 48.5 Å². The number of aromatic carboxylic acids is 1. The molecule has 0 spiro atoms. The van der Waals surface area contributed by atoms with Gasteiger partial charge in [-0.1, -0.05) is 55.8 Å². The van der Waals surface area contributed by atoms with Crippen molar-refractivity contribution in [3.63, 3.8) is 0 Å². The smallest absolute Gasteiger partial charge is 0.346 e. The molecule has 0 aliphatic carbocycles. The number of carboxylic acids is 1. The quantitative estimate of drug-likeness (QED) is 0.425. The van der Waals surface area contributed by atoms with Gasteiger partial charge in [0.15, 0.2) is 11.5 Å². The molecule has 6 nitrogen and oxygen atoms in total. The maximum Gasteiger partial charge on any atom is 0.346 e. The number of methoxy groups -OCH3 is 1. The number of carbonyl (C=O) groups excluding carboxylic acids is 1. The van der Waals surface area contributed by atoms with E-state index in [4.69, 9.17) is 9.47 Å². The van der Waals surface area contributed by atoms with E-state index in [1.807, 2.05) is 48.5 Å². The Morgan fingerprint density at radius 1 is 1.19 bits per heavy atom. The third-order valence-electron chi connectivity index (χ3n) is 5.51. The fraction of sp³-hybridized carbons (Fsp3) is 0.280. The maximum atomic E-state index is 12.8. The number of unbranched alkanes of at least 4 members (excludes halogenated alkanes) is 1. The number of anilines is 1. The summed E-state index contributed by atoms with van der Waals surface area (Å²) in [6.07, 6.45) is 2.10. The van der Waals surface area contributed by atoms with Crippen LogP contribution in [0.2, 0.25) is 0 Å². The lowest BCUT2D eigenvalue weighted by molar-refractivity contribution is -0.116. The number of fused-ring (bicyclic) bond motifs is 1. The van der Waals surface area contributed by atoms with Crippen molar-refractivity contribution >= 4 is 28.9 Å². The molecule has 7 heteroatoms. The van der Waals surface area contributed by atoms with E-state index in [0.29, 0.717) is 29.4 Å². The second-order valence-electron chi connectivity index (χ2n) is 7.60. The van der Waals surface area contributed by atoms with E-state index in [1.54, 1.807) is 7.11 Å². The molecule has 0 radical (unpaired) electrons. The Balaban J connectivity index is 1.89. The lowest BCUT2D eigenvalue weighted by atomic mass is 9.88. The Hall–Kier alpha value is -3.32. The first-order valence-electron chi connectivity index (χ1n) is 10.6. The van der Waals surface area contributed by atoms with Gasteiger partial charge in [0.2, 0.25) is 5.91 Å². The molecule has 1 atom stereocenters.